The zero-order chi connectivity index (χ0) is 18.6. The summed E-state index contributed by atoms with van der Waals surface area (Å²) in [7, 11) is 0. The van der Waals surface area contributed by atoms with E-state index < -0.39 is 0 Å². The highest BCUT2D eigenvalue weighted by Crippen LogP contribution is 2.42. The number of hydrogen-bond donors (Lipinski definition) is 0. The van der Waals surface area contributed by atoms with E-state index in [-0.39, 0.29) is 5.41 Å². The van der Waals surface area contributed by atoms with E-state index in [1.807, 2.05) is 0 Å². The summed E-state index contributed by atoms with van der Waals surface area (Å²) in [5.74, 6) is 0. The van der Waals surface area contributed by atoms with E-state index in [4.69, 9.17) is 0 Å². The first-order valence-corrected chi connectivity index (χ1v) is 9.62. The van der Waals surface area contributed by atoms with Crippen LogP contribution >= 0.6 is 0 Å². The van der Waals surface area contributed by atoms with Crippen LogP contribution < -0.4 is 10.4 Å². The maximum atomic E-state index is 2.45. The van der Waals surface area contributed by atoms with Crippen molar-refractivity contribution < 1.29 is 0 Å². The Morgan fingerprint density at radius 3 is 2.31 bits per heavy atom. The standard InChI is InChI=1S/C26H28/c1-16(2)19-11-12-22-21-10-8-7-9-18(21)15-23(22)25(19)20-13-14-24(17(20)3)26(4,5)6/h7-12,14-15H,13H2,1-6H3. The van der Waals surface area contributed by atoms with Crippen LogP contribution in [0, 0.1) is 15.9 Å². The highest BCUT2D eigenvalue weighted by molar-refractivity contribution is 5.84. The summed E-state index contributed by atoms with van der Waals surface area (Å²) in [6, 6.07) is 13.4. The highest BCUT2D eigenvalue weighted by atomic mass is 14.3. The molecule has 0 bridgehead atoms. The van der Waals surface area contributed by atoms with Crippen molar-refractivity contribution >= 4 is 17.2 Å². The van der Waals surface area contributed by atoms with Crippen LogP contribution in [0.1, 0.15) is 59.1 Å². The van der Waals surface area contributed by atoms with E-state index in [1.165, 1.54) is 54.3 Å². The summed E-state index contributed by atoms with van der Waals surface area (Å²) in [6.07, 6.45) is 5.88. The average molecular weight is 341 g/mol. The Bertz CT molecular complexity index is 1190. The first-order valence-electron chi connectivity index (χ1n) is 9.62. The molecule has 0 radical (unpaired) electrons. The Morgan fingerprint density at radius 2 is 1.65 bits per heavy atom. The second kappa shape index (κ2) is 5.84. The first kappa shape index (κ1) is 17.1. The van der Waals surface area contributed by atoms with Gasteiger partial charge in [-0.1, -0.05) is 68.8 Å². The molecule has 0 amide bonds. The van der Waals surface area contributed by atoms with Crippen LogP contribution in [0.25, 0.3) is 17.2 Å². The van der Waals surface area contributed by atoms with E-state index in [0.29, 0.717) is 0 Å². The minimum absolute atomic E-state index is 0.196. The molecule has 0 unspecified atom stereocenters. The lowest BCUT2D eigenvalue weighted by Gasteiger charge is -2.22. The Kier molecular flexibility index (Phi) is 3.84. The van der Waals surface area contributed by atoms with Crippen molar-refractivity contribution in [2.75, 3.05) is 0 Å². The van der Waals surface area contributed by atoms with Crippen LogP contribution in [0.15, 0.2) is 53.6 Å². The Balaban J connectivity index is 2.10. The average Bonchev–Trinajstić information content (AvgIpc) is 3.14. The Labute approximate surface area is 156 Å². The summed E-state index contributed by atoms with van der Waals surface area (Å²) < 4.78 is 0. The summed E-state index contributed by atoms with van der Waals surface area (Å²) >= 11 is 0. The van der Waals surface area contributed by atoms with Gasteiger partial charge in [-0.25, -0.2) is 0 Å². The number of fused-ring (bicyclic) bond motifs is 2. The van der Waals surface area contributed by atoms with Gasteiger partial charge < -0.3 is 0 Å². The predicted octanol–water partition coefficient (Wildman–Crippen LogP) is 5.46. The molecule has 0 saturated heterocycles. The maximum Gasteiger partial charge on any atom is -0.00676 e. The molecule has 0 aromatic heterocycles. The van der Waals surface area contributed by atoms with Gasteiger partial charge in [0.25, 0.3) is 0 Å². The zero-order valence-electron chi connectivity index (χ0n) is 16.8. The third kappa shape index (κ3) is 2.51. The molecule has 2 aliphatic rings. The molecule has 2 aromatic carbocycles. The lowest BCUT2D eigenvalue weighted by Crippen LogP contribution is -2.14. The maximum absolute atomic E-state index is 2.45. The minimum atomic E-state index is 0.196. The highest BCUT2D eigenvalue weighted by Gasteiger charge is 2.26. The second-order valence-corrected chi connectivity index (χ2v) is 8.86. The molecule has 0 atom stereocenters. The zero-order valence-corrected chi connectivity index (χ0v) is 16.8. The fraction of sp³-hybridized carbons (Fsp3) is 0.308. The molecule has 0 saturated carbocycles. The fourth-order valence-electron chi connectivity index (χ4n) is 4.60. The van der Waals surface area contributed by atoms with Gasteiger partial charge in [0.2, 0.25) is 0 Å². The van der Waals surface area contributed by atoms with E-state index in [0.717, 1.165) is 6.42 Å². The van der Waals surface area contributed by atoms with Crippen LogP contribution in [0.5, 0.6) is 0 Å². The molecular formula is C26H28. The van der Waals surface area contributed by atoms with Crippen molar-refractivity contribution in [2.24, 2.45) is 5.41 Å². The predicted molar refractivity (Wildman–Crippen MR) is 113 cm³/mol. The van der Waals surface area contributed by atoms with Gasteiger partial charge in [0.15, 0.2) is 0 Å². The van der Waals surface area contributed by atoms with E-state index in [9.17, 15) is 0 Å². The first-order chi connectivity index (χ1) is 12.3. The van der Waals surface area contributed by atoms with Crippen LogP contribution in [0.4, 0.5) is 0 Å². The molecule has 0 aliphatic heterocycles. The monoisotopic (exact) mass is 340 g/mol. The van der Waals surface area contributed by atoms with Crippen molar-refractivity contribution in [2.45, 2.75) is 48.0 Å². The molecule has 0 fully saturated rings. The number of benzene rings is 2. The SMILES string of the molecule is CC1=C(c2c3c(ccc2=C(C)C)=c2ccccc2=C3)CC=C1C(C)(C)C. The molecule has 26 heavy (non-hydrogen) atoms. The van der Waals surface area contributed by atoms with Crippen LogP contribution in [-0.2, 0) is 0 Å². The third-order valence-electron chi connectivity index (χ3n) is 5.81. The second-order valence-electron chi connectivity index (χ2n) is 8.86. The summed E-state index contributed by atoms with van der Waals surface area (Å²) in [5.41, 5.74) is 8.91. The van der Waals surface area contributed by atoms with Gasteiger partial charge in [0, 0.05) is 0 Å². The molecule has 4 rings (SSSR count). The molecule has 0 heterocycles. The van der Waals surface area contributed by atoms with Crippen LogP contribution in [0.2, 0.25) is 0 Å². The molecule has 0 spiro atoms. The van der Waals surface area contributed by atoms with E-state index in [2.05, 4.69) is 90.1 Å². The van der Waals surface area contributed by atoms with Crippen molar-refractivity contribution in [1.29, 1.82) is 0 Å². The quantitative estimate of drug-likeness (QED) is 0.552. The Morgan fingerprint density at radius 1 is 0.923 bits per heavy atom. The third-order valence-corrected chi connectivity index (χ3v) is 5.81. The van der Waals surface area contributed by atoms with Crippen LogP contribution in [0.3, 0.4) is 0 Å². The molecule has 0 nitrogen and oxygen atoms in total. The lowest BCUT2D eigenvalue weighted by molar-refractivity contribution is 0.512. The molecule has 0 heteroatoms. The molecule has 132 valence electrons. The van der Waals surface area contributed by atoms with Gasteiger partial charge in [-0.05, 0) is 87.4 Å². The van der Waals surface area contributed by atoms with E-state index in [1.54, 1.807) is 0 Å². The minimum Gasteiger partial charge on any atom is -0.0761 e. The van der Waals surface area contributed by atoms with Gasteiger partial charge in [-0.2, -0.15) is 0 Å². The van der Waals surface area contributed by atoms with Crippen LogP contribution in [-0.4, -0.2) is 0 Å². The summed E-state index contributed by atoms with van der Waals surface area (Å²) in [4.78, 5) is 0. The van der Waals surface area contributed by atoms with Crippen molar-refractivity contribution in [3.63, 3.8) is 0 Å². The smallest absolute Gasteiger partial charge is 0.00676 e. The fourth-order valence-corrected chi connectivity index (χ4v) is 4.60. The molecular weight excluding hydrogens is 312 g/mol. The van der Waals surface area contributed by atoms with Crippen molar-refractivity contribution in [1.82, 2.24) is 0 Å². The van der Waals surface area contributed by atoms with Gasteiger partial charge in [0.05, 0.1) is 0 Å². The number of allylic oxidation sites excluding steroid dienone is 4. The van der Waals surface area contributed by atoms with Gasteiger partial charge in [-0.15, -0.1) is 0 Å². The molecule has 0 N–H and O–H groups in total. The molecule has 2 aromatic rings. The summed E-state index contributed by atoms with van der Waals surface area (Å²) in [5, 5.41) is 5.48. The number of rotatable bonds is 1. The van der Waals surface area contributed by atoms with Gasteiger partial charge in [0.1, 0.15) is 0 Å². The lowest BCUT2D eigenvalue weighted by atomic mass is 9.82. The largest absolute Gasteiger partial charge is 0.0761 e. The normalized spacial score (nSPS) is 15.5. The topological polar surface area (TPSA) is 0 Å². The number of hydrogen-bond acceptors (Lipinski definition) is 0. The van der Waals surface area contributed by atoms with Gasteiger partial charge >= 0.3 is 0 Å². The Hall–Kier alpha value is -2.34. The van der Waals surface area contributed by atoms with Gasteiger partial charge in [-0.3, -0.25) is 0 Å². The van der Waals surface area contributed by atoms with Crippen molar-refractivity contribution in [3.8, 4) is 0 Å². The van der Waals surface area contributed by atoms with Crippen molar-refractivity contribution in [3.05, 3.63) is 85.6 Å². The molecule has 2 aliphatic carbocycles. The summed E-state index contributed by atoms with van der Waals surface area (Å²) in [6.45, 7) is 13.7. The van der Waals surface area contributed by atoms with E-state index >= 15 is 0 Å².